The molecule has 1 aliphatic heterocycles. The summed E-state index contributed by atoms with van der Waals surface area (Å²) in [6, 6.07) is 3.54. The summed E-state index contributed by atoms with van der Waals surface area (Å²) >= 11 is 0. The van der Waals surface area contributed by atoms with Crippen molar-refractivity contribution in [2.24, 2.45) is 7.05 Å². The zero-order valence-electron chi connectivity index (χ0n) is 8.55. The van der Waals surface area contributed by atoms with Crippen LogP contribution in [0.1, 0.15) is 23.3 Å². The second-order valence-electron chi connectivity index (χ2n) is 3.66. The van der Waals surface area contributed by atoms with Gasteiger partial charge < -0.3 is 4.90 Å². The van der Waals surface area contributed by atoms with Crippen LogP contribution in [-0.4, -0.2) is 33.2 Å². The molecule has 1 unspecified atom stereocenters. The molecular weight excluding hydrogens is 192 g/mol. The molecule has 0 saturated carbocycles. The van der Waals surface area contributed by atoms with Gasteiger partial charge in [0.05, 0.1) is 6.07 Å². The van der Waals surface area contributed by atoms with Crippen molar-refractivity contribution in [2.45, 2.75) is 18.9 Å². The van der Waals surface area contributed by atoms with Crippen molar-refractivity contribution in [1.29, 1.82) is 5.26 Å². The molecule has 0 aromatic carbocycles. The third-order valence-electron chi connectivity index (χ3n) is 2.60. The Balaban J connectivity index is 2.18. The Bertz CT molecular complexity index is 417. The van der Waals surface area contributed by atoms with E-state index in [1.54, 1.807) is 28.9 Å². The van der Waals surface area contributed by atoms with Crippen molar-refractivity contribution >= 4 is 5.91 Å². The lowest BCUT2D eigenvalue weighted by molar-refractivity contribution is 0.0758. The van der Waals surface area contributed by atoms with Crippen molar-refractivity contribution in [3.05, 3.63) is 18.0 Å². The summed E-state index contributed by atoms with van der Waals surface area (Å²) in [7, 11) is 1.77. The lowest BCUT2D eigenvalue weighted by atomic mass is 10.2. The zero-order valence-corrected chi connectivity index (χ0v) is 8.55. The molecule has 1 aromatic heterocycles. The molecule has 0 N–H and O–H groups in total. The van der Waals surface area contributed by atoms with Gasteiger partial charge in [0.25, 0.3) is 5.91 Å². The summed E-state index contributed by atoms with van der Waals surface area (Å²) in [5.74, 6) is -0.139. The van der Waals surface area contributed by atoms with E-state index in [1.165, 1.54) is 0 Å². The van der Waals surface area contributed by atoms with Crippen LogP contribution in [0.3, 0.4) is 0 Å². The molecule has 15 heavy (non-hydrogen) atoms. The van der Waals surface area contributed by atoms with E-state index in [4.69, 9.17) is 5.26 Å². The maximum absolute atomic E-state index is 11.9. The highest BCUT2D eigenvalue weighted by Crippen LogP contribution is 2.18. The van der Waals surface area contributed by atoms with Crippen LogP contribution in [0.15, 0.2) is 12.3 Å². The van der Waals surface area contributed by atoms with Crippen molar-refractivity contribution in [1.82, 2.24) is 14.7 Å². The minimum Gasteiger partial charge on any atom is -0.321 e. The molecule has 1 aliphatic rings. The summed E-state index contributed by atoms with van der Waals surface area (Å²) < 4.78 is 1.59. The van der Waals surface area contributed by atoms with Crippen LogP contribution in [0.4, 0.5) is 0 Å². The number of hydrogen-bond donors (Lipinski definition) is 0. The highest BCUT2D eigenvalue weighted by molar-refractivity contribution is 5.92. The summed E-state index contributed by atoms with van der Waals surface area (Å²) in [6.45, 7) is 0.660. The van der Waals surface area contributed by atoms with Crippen molar-refractivity contribution in [2.75, 3.05) is 6.54 Å². The maximum atomic E-state index is 11.9. The number of hydrogen-bond acceptors (Lipinski definition) is 3. The standard InChI is InChI=1S/C10H12N4O/c1-13-6-4-9(12-13)10(15)14-5-2-3-8(14)7-11/h4,6,8H,2-3,5H2,1H3. The molecule has 2 rings (SSSR count). The first-order chi connectivity index (χ1) is 7.22. The highest BCUT2D eigenvalue weighted by atomic mass is 16.2. The summed E-state index contributed by atoms with van der Waals surface area (Å²) in [4.78, 5) is 13.5. The molecule has 1 aromatic rings. The van der Waals surface area contributed by atoms with E-state index < -0.39 is 0 Å². The van der Waals surface area contributed by atoms with Crippen LogP contribution in [-0.2, 0) is 7.05 Å². The molecule has 2 heterocycles. The molecule has 1 fully saturated rings. The van der Waals surface area contributed by atoms with E-state index in [0.29, 0.717) is 12.2 Å². The molecular formula is C10H12N4O. The largest absolute Gasteiger partial charge is 0.321 e. The first kappa shape index (κ1) is 9.71. The quantitative estimate of drug-likeness (QED) is 0.671. The summed E-state index contributed by atoms with van der Waals surface area (Å²) in [6.07, 6.45) is 3.40. The molecule has 0 aliphatic carbocycles. The van der Waals surface area contributed by atoms with Crippen LogP contribution >= 0.6 is 0 Å². The number of carbonyl (C=O) groups is 1. The summed E-state index contributed by atoms with van der Waals surface area (Å²) in [5, 5.41) is 12.9. The Morgan fingerprint density at radius 2 is 2.53 bits per heavy atom. The van der Waals surface area contributed by atoms with Crippen LogP contribution < -0.4 is 0 Å². The Labute approximate surface area is 87.9 Å². The van der Waals surface area contributed by atoms with E-state index in [1.807, 2.05) is 0 Å². The minimum absolute atomic E-state index is 0.139. The van der Waals surface area contributed by atoms with Crippen molar-refractivity contribution < 1.29 is 4.79 Å². The number of aryl methyl sites for hydroxylation is 1. The molecule has 1 saturated heterocycles. The van der Waals surface area contributed by atoms with Gasteiger partial charge in [0, 0.05) is 19.8 Å². The Morgan fingerprint density at radius 1 is 1.73 bits per heavy atom. The topological polar surface area (TPSA) is 61.9 Å². The van der Waals surface area contributed by atoms with Crippen LogP contribution in [0.5, 0.6) is 0 Å². The van der Waals surface area contributed by atoms with Gasteiger partial charge in [-0.25, -0.2) is 0 Å². The Kier molecular flexibility index (Phi) is 2.42. The van der Waals surface area contributed by atoms with Crippen LogP contribution in [0.2, 0.25) is 0 Å². The van der Waals surface area contributed by atoms with Gasteiger partial charge >= 0.3 is 0 Å². The van der Waals surface area contributed by atoms with Gasteiger partial charge in [-0.3, -0.25) is 9.48 Å². The number of rotatable bonds is 1. The second-order valence-corrected chi connectivity index (χ2v) is 3.66. The molecule has 78 valence electrons. The summed E-state index contributed by atoms with van der Waals surface area (Å²) in [5.41, 5.74) is 0.416. The molecule has 5 heteroatoms. The Hall–Kier alpha value is -1.83. The SMILES string of the molecule is Cn1ccc(C(=O)N2CCCC2C#N)n1. The molecule has 1 amide bonds. The van der Waals surface area contributed by atoms with Gasteiger partial charge in [-0.05, 0) is 18.9 Å². The van der Waals surface area contributed by atoms with E-state index >= 15 is 0 Å². The highest BCUT2D eigenvalue weighted by Gasteiger charge is 2.30. The fourth-order valence-corrected chi connectivity index (χ4v) is 1.82. The predicted molar refractivity (Wildman–Crippen MR) is 52.9 cm³/mol. The van der Waals surface area contributed by atoms with E-state index in [-0.39, 0.29) is 11.9 Å². The number of likely N-dealkylation sites (tertiary alicyclic amines) is 1. The van der Waals surface area contributed by atoms with Gasteiger partial charge in [-0.1, -0.05) is 0 Å². The molecule has 1 atom stereocenters. The fourth-order valence-electron chi connectivity index (χ4n) is 1.82. The fraction of sp³-hybridized carbons (Fsp3) is 0.500. The predicted octanol–water partition coefficient (Wildman–Crippen LogP) is 0.548. The smallest absolute Gasteiger partial charge is 0.275 e. The average molecular weight is 204 g/mol. The van der Waals surface area contributed by atoms with Gasteiger partial charge in [0.2, 0.25) is 0 Å². The number of nitriles is 1. The Morgan fingerprint density at radius 3 is 3.13 bits per heavy atom. The maximum Gasteiger partial charge on any atom is 0.275 e. The molecule has 5 nitrogen and oxygen atoms in total. The lowest BCUT2D eigenvalue weighted by Gasteiger charge is -2.17. The van der Waals surface area contributed by atoms with Gasteiger partial charge in [-0.2, -0.15) is 10.4 Å². The number of carbonyl (C=O) groups excluding carboxylic acids is 1. The van der Waals surface area contributed by atoms with Crippen LogP contribution in [0.25, 0.3) is 0 Å². The van der Waals surface area contributed by atoms with Crippen LogP contribution in [0, 0.1) is 11.3 Å². The van der Waals surface area contributed by atoms with Crippen molar-refractivity contribution in [3.63, 3.8) is 0 Å². The third kappa shape index (κ3) is 1.71. The lowest BCUT2D eigenvalue weighted by Crippen LogP contribution is -2.34. The first-order valence-electron chi connectivity index (χ1n) is 4.92. The molecule has 0 spiro atoms. The number of aromatic nitrogens is 2. The molecule has 0 radical (unpaired) electrons. The van der Waals surface area contributed by atoms with E-state index in [0.717, 1.165) is 12.8 Å². The van der Waals surface area contributed by atoms with E-state index in [2.05, 4.69) is 11.2 Å². The molecule has 0 bridgehead atoms. The minimum atomic E-state index is -0.278. The van der Waals surface area contributed by atoms with Gasteiger partial charge in [0.1, 0.15) is 11.7 Å². The normalized spacial score (nSPS) is 20.3. The first-order valence-corrected chi connectivity index (χ1v) is 4.92. The van der Waals surface area contributed by atoms with Gasteiger partial charge in [-0.15, -0.1) is 0 Å². The number of nitrogens with zero attached hydrogens (tertiary/aromatic N) is 4. The van der Waals surface area contributed by atoms with E-state index in [9.17, 15) is 4.79 Å². The monoisotopic (exact) mass is 204 g/mol. The van der Waals surface area contributed by atoms with Gasteiger partial charge in [0.15, 0.2) is 0 Å². The average Bonchev–Trinajstić information content (AvgIpc) is 2.84. The third-order valence-corrected chi connectivity index (χ3v) is 2.60. The second kappa shape index (κ2) is 3.73. The van der Waals surface area contributed by atoms with Crippen molar-refractivity contribution in [3.8, 4) is 6.07 Å². The number of amides is 1. The zero-order chi connectivity index (χ0) is 10.8.